The van der Waals surface area contributed by atoms with Gasteiger partial charge in [-0.2, -0.15) is 0 Å². The fraction of sp³-hybridized carbons (Fsp3) is 0.587. The molecular weight excluding hydrogens is 997 g/mol. The Kier molecular flexibility index (Phi) is 62.9. The molecule has 0 spiro atoms. The lowest BCUT2D eigenvalue weighted by Gasteiger charge is -2.18. The molecule has 0 fully saturated rings. The van der Waals surface area contributed by atoms with Gasteiger partial charge in [0, 0.05) is 19.3 Å². The molecule has 454 valence electrons. The zero-order chi connectivity index (χ0) is 58.5. The van der Waals surface area contributed by atoms with E-state index in [0.29, 0.717) is 19.3 Å². The minimum atomic E-state index is -0.811. The summed E-state index contributed by atoms with van der Waals surface area (Å²) in [5, 5.41) is 0. The molecule has 0 aromatic carbocycles. The third-order valence-corrected chi connectivity index (χ3v) is 13.2. The predicted octanol–water partition coefficient (Wildman–Crippen LogP) is 22.7. The van der Waals surface area contributed by atoms with Gasteiger partial charge in [0.25, 0.3) is 0 Å². The van der Waals surface area contributed by atoms with Gasteiger partial charge in [0.2, 0.25) is 0 Å². The third-order valence-electron chi connectivity index (χ3n) is 13.2. The number of carbonyl (C=O) groups excluding carboxylic acids is 3. The summed E-state index contributed by atoms with van der Waals surface area (Å²) < 4.78 is 16.9. The van der Waals surface area contributed by atoms with Gasteiger partial charge in [0.1, 0.15) is 13.2 Å². The molecule has 0 aromatic rings. The van der Waals surface area contributed by atoms with Gasteiger partial charge in [-0.1, -0.05) is 268 Å². The van der Waals surface area contributed by atoms with Crippen LogP contribution in [-0.2, 0) is 28.6 Å². The summed E-state index contributed by atoms with van der Waals surface area (Å²) in [7, 11) is 0. The highest BCUT2D eigenvalue weighted by molar-refractivity contribution is 5.71. The molecule has 0 aliphatic heterocycles. The van der Waals surface area contributed by atoms with Crippen LogP contribution in [0.15, 0.2) is 170 Å². The Labute approximate surface area is 498 Å². The van der Waals surface area contributed by atoms with Crippen LogP contribution in [-0.4, -0.2) is 37.2 Å². The molecule has 0 aliphatic rings. The first kappa shape index (κ1) is 75.8. The monoisotopic (exact) mass is 1110 g/mol. The molecule has 6 heteroatoms. The van der Waals surface area contributed by atoms with Crippen molar-refractivity contribution in [1.29, 1.82) is 0 Å². The van der Waals surface area contributed by atoms with E-state index in [1.54, 1.807) is 0 Å². The van der Waals surface area contributed by atoms with Crippen LogP contribution < -0.4 is 0 Å². The molecule has 0 rings (SSSR count). The summed E-state index contributed by atoms with van der Waals surface area (Å²) in [5.41, 5.74) is 0. The van der Waals surface area contributed by atoms with E-state index in [1.165, 1.54) is 44.9 Å². The molecule has 0 amide bonds. The van der Waals surface area contributed by atoms with E-state index in [1.807, 2.05) is 0 Å². The van der Waals surface area contributed by atoms with Gasteiger partial charge >= 0.3 is 17.9 Å². The molecule has 81 heavy (non-hydrogen) atoms. The summed E-state index contributed by atoms with van der Waals surface area (Å²) in [5.74, 6) is -0.953. The molecule has 0 N–H and O–H groups in total. The molecule has 0 radical (unpaired) electrons. The van der Waals surface area contributed by atoms with E-state index in [-0.39, 0.29) is 31.1 Å². The van der Waals surface area contributed by atoms with E-state index < -0.39 is 6.10 Å². The van der Waals surface area contributed by atoms with E-state index in [4.69, 9.17) is 14.2 Å². The maximum absolute atomic E-state index is 12.9. The van der Waals surface area contributed by atoms with Crippen molar-refractivity contribution in [3.05, 3.63) is 170 Å². The Bertz CT molecular complexity index is 1860. The predicted molar refractivity (Wildman–Crippen MR) is 352 cm³/mol. The lowest BCUT2D eigenvalue weighted by molar-refractivity contribution is -0.167. The fourth-order valence-corrected chi connectivity index (χ4v) is 8.43. The number of hydrogen-bond donors (Lipinski definition) is 0. The number of carbonyl (C=O) groups is 3. The Morgan fingerprint density at radius 2 is 0.444 bits per heavy atom. The van der Waals surface area contributed by atoms with Crippen molar-refractivity contribution in [2.45, 2.75) is 271 Å². The second kappa shape index (κ2) is 67.3. The average Bonchev–Trinajstić information content (AvgIpc) is 3.47. The van der Waals surface area contributed by atoms with Crippen LogP contribution in [0.2, 0.25) is 0 Å². The number of ether oxygens (including phenoxy) is 3. The average molecular weight is 1120 g/mol. The maximum Gasteiger partial charge on any atom is 0.306 e. The summed E-state index contributed by atoms with van der Waals surface area (Å²) >= 11 is 0. The first-order valence-electron chi connectivity index (χ1n) is 32.6. The molecule has 1 atom stereocenters. The lowest BCUT2D eigenvalue weighted by Crippen LogP contribution is -2.30. The van der Waals surface area contributed by atoms with Crippen molar-refractivity contribution in [2.75, 3.05) is 13.2 Å². The molecular formula is C75H118O6. The van der Waals surface area contributed by atoms with Crippen LogP contribution in [0, 0.1) is 0 Å². The Balaban J connectivity index is 4.51. The number of unbranched alkanes of at least 4 members (excludes halogenated alkanes) is 18. The highest BCUT2D eigenvalue weighted by atomic mass is 16.6. The zero-order valence-corrected chi connectivity index (χ0v) is 52.0. The number of allylic oxidation sites excluding steroid dienone is 28. The summed E-state index contributed by atoms with van der Waals surface area (Å²) in [6.45, 7) is 6.26. The van der Waals surface area contributed by atoms with Crippen LogP contribution in [0.25, 0.3) is 0 Å². The largest absolute Gasteiger partial charge is 0.462 e. The summed E-state index contributed by atoms with van der Waals surface area (Å²) in [6.07, 6.45) is 99.2. The van der Waals surface area contributed by atoms with Gasteiger partial charge in [0.05, 0.1) is 0 Å². The Morgan fingerprint density at radius 3 is 0.691 bits per heavy atom. The summed E-state index contributed by atoms with van der Waals surface area (Å²) in [6, 6.07) is 0. The van der Waals surface area contributed by atoms with Crippen molar-refractivity contribution in [1.82, 2.24) is 0 Å². The number of rotatable bonds is 57. The van der Waals surface area contributed by atoms with Crippen molar-refractivity contribution in [3.8, 4) is 0 Å². The van der Waals surface area contributed by atoms with Crippen LogP contribution in [0.4, 0.5) is 0 Å². The van der Waals surface area contributed by atoms with Crippen molar-refractivity contribution in [2.24, 2.45) is 0 Å². The van der Waals surface area contributed by atoms with Crippen LogP contribution in [0.1, 0.15) is 265 Å². The smallest absolute Gasteiger partial charge is 0.306 e. The normalized spacial score (nSPS) is 13.3. The quantitative estimate of drug-likeness (QED) is 0.0261. The van der Waals surface area contributed by atoms with E-state index in [9.17, 15) is 14.4 Å². The minimum Gasteiger partial charge on any atom is -0.462 e. The zero-order valence-electron chi connectivity index (χ0n) is 52.0. The van der Waals surface area contributed by atoms with Crippen molar-refractivity contribution < 1.29 is 28.6 Å². The Hall–Kier alpha value is -5.23. The van der Waals surface area contributed by atoms with E-state index >= 15 is 0 Å². The standard InChI is InChI=1S/C75H118O6/c1-4-7-10-13-16-19-22-25-28-31-33-35-37-39-41-44-47-50-53-56-59-62-65-68-74(77)80-71-72(70-79-73(76)67-64-61-58-55-52-49-46-43-30-27-24-21-18-15-12-9-6-3)81-75(78)69-66-63-60-57-54-51-48-45-42-40-38-36-34-32-29-26-23-20-17-14-11-8-5-2/h7-12,16-21,25-30,33-36,39-42,47,50,72H,4-6,13-15,22-24,31-32,37-38,43-46,48-49,51-71H2,1-3H3/b10-7-,11-8-,12-9-,19-16-,20-17-,21-18-,28-25-,29-26-,30-27-,35-33-,36-34-,41-39-,42-40-,50-47-. The molecule has 0 heterocycles. The van der Waals surface area contributed by atoms with Gasteiger partial charge in [-0.3, -0.25) is 14.4 Å². The number of hydrogen-bond acceptors (Lipinski definition) is 6. The first-order valence-corrected chi connectivity index (χ1v) is 32.6. The topological polar surface area (TPSA) is 78.9 Å². The maximum atomic E-state index is 12.9. The lowest BCUT2D eigenvalue weighted by atomic mass is 10.1. The van der Waals surface area contributed by atoms with Crippen LogP contribution in [0.5, 0.6) is 0 Å². The second-order valence-electron chi connectivity index (χ2n) is 20.9. The molecule has 0 saturated heterocycles. The second-order valence-corrected chi connectivity index (χ2v) is 20.9. The van der Waals surface area contributed by atoms with Crippen LogP contribution >= 0.6 is 0 Å². The molecule has 0 bridgehead atoms. The van der Waals surface area contributed by atoms with Gasteiger partial charge in [-0.25, -0.2) is 0 Å². The molecule has 0 aromatic heterocycles. The highest BCUT2D eigenvalue weighted by Gasteiger charge is 2.19. The Morgan fingerprint density at radius 1 is 0.247 bits per heavy atom. The van der Waals surface area contributed by atoms with Crippen molar-refractivity contribution in [3.63, 3.8) is 0 Å². The molecule has 0 saturated carbocycles. The molecule has 1 unspecified atom stereocenters. The minimum absolute atomic E-state index is 0.104. The van der Waals surface area contributed by atoms with Crippen LogP contribution in [0.3, 0.4) is 0 Å². The van der Waals surface area contributed by atoms with Gasteiger partial charge in [0.15, 0.2) is 6.10 Å². The summed E-state index contributed by atoms with van der Waals surface area (Å²) in [4.78, 5) is 38.4. The molecule has 0 aliphatic carbocycles. The van der Waals surface area contributed by atoms with Gasteiger partial charge in [-0.15, -0.1) is 0 Å². The SMILES string of the molecule is CC/C=C\C/C=C\C/C=C\C/C=C\C/C=C\C/C=C\CCCCCCC(=O)OCC(COC(=O)CCCCCCCCC/C=C\C/C=C\C/C=C\CC)OC(=O)CCCCCCCCC/C=C\C/C=C\C/C=C\C/C=C\C/C=C\CC. The van der Waals surface area contributed by atoms with E-state index in [0.717, 1.165) is 180 Å². The van der Waals surface area contributed by atoms with Crippen molar-refractivity contribution >= 4 is 17.9 Å². The molecule has 6 nitrogen and oxygen atoms in total. The van der Waals surface area contributed by atoms with E-state index in [2.05, 4.69) is 191 Å². The van der Waals surface area contributed by atoms with Gasteiger partial charge in [-0.05, 0) is 148 Å². The fourth-order valence-electron chi connectivity index (χ4n) is 8.43. The number of esters is 3. The highest BCUT2D eigenvalue weighted by Crippen LogP contribution is 2.14. The van der Waals surface area contributed by atoms with Gasteiger partial charge < -0.3 is 14.2 Å². The first-order chi connectivity index (χ1) is 40.0. The third kappa shape index (κ3) is 65.5.